The van der Waals surface area contributed by atoms with Gasteiger partial charge < -0.3 is 15.3 Å². The number of sulfonamides is 1. The van der Waals surface area contributed by atoms with Gasteiger partial charge in [-0.15, -0.1) is 0 Å². The van der Waals surface area contributed by atoms with Crippen LogP contribution in [0.15, 0.2) is 47.4 Å². The molecule has 0 saturated carbocycles. The molecule has 0 aromatic heterocycles. The van der Waals surface area contributed by atoms with E-state index < -0.39 is 62.6 Å². The third-order valence-corrected chi connectivity index (χ3v) is 9.81. The van der Waals surface area contributed by atoms with Crippen LogP contribution < -0.4 is 14.9 Å². The van der Waals surface area contributed by atoms with Crippen LogP contribution in [0.4, 0.5) is 28.0 Å². The lowest BCUT2D eigenvalue weighted by Crippen LogP contribution is -2.50. The van der Waals surface area contributed by atoms with Crippen LogP contribution >= 0.6 is 0 Å². The van der Waals surface area contributed by atoms with E-state index in [2.05, 4.69) is 10.6 Å². The molecule has 10 nitrogen and oxygen atoms in total. The Morgan fingerprint density at radius 2 is 1.83 bits per heavy atom. The number of urea groups is 1. The number of benzene rings is 2. The fourth-order valence-corrected chi connectivity index (χ4v) is 7.22. The Kier molecular flexibility index (Phi) is 6.80. The van der Waals surface area contributed by atoms with E-state index in [0.717, 1.165) is 46.8 Å². The van der Waals surface area contributed by atoms with E-state index in [0.29, 0.717) is 6.92 Å². The van der Waals surface area contributed by atoms with Gasteiger partial charge in [-0.2, -0.15) is 13.2 Å². The number of nitrogens with zero attached hydrogens (tertiary/aromatic N) is 2. The Bertz CT molecular complexity index is 1530. The minimum atomic E-state index is -4.99. The fraction of sp³-hybridized carbons (Fsp3) is 0.423. The van der Waals surface area contributed by atoms with Crippen LogP contribution in [0, 0.1) is 5.82 Å². The lowest BCUT2D eigenvalue weighted by Gasteiger charge is -2.39. The normalized spacial score (nSPS) is 24.2. The summed E-state index contributed by atoms with van der Waals surface area (Å²) in [4.78, 5) is 38.4. The van der Waals surface area contributed by atoms with E-state index in [1.807, 2.05) is 0 Å². The second-order valence-corrected chi connectivity index (χ2v) is 12.4. The predicted octanol–water partition coefficient (Wildman–Crippen LogP) is 2.31. The molecule has 2 fully saturated rings. The van der Waals surface area contributed by atoms with Crippen LogP contribution in [0.1, 0.15) is 37.3 Å². The van der Waals surface area contributed by atoms with E-state index in [9.17, 15) is 45.5 Å². The van der Waals surface area contributed by atoms with Crippen molar-refractivity contribution in [3.05, 3.63) is 59.4 Å². The van der Waals surface area contributed by atoms with Gasteiger partial charge in [-0.25, -0.2) is 17.6 Å². The number of alkyl halides is 3. The summed E-state index contributed by atoms with van der Waals surface area (Å²) in [6.07, 6.45) is -5.00. The molecule has 2 aromatic rings. The molecule has 1 spiro atoms. The monoisotopic (exact) mass is 598 g/mol. The Hall–Kier alpha value is -3.72. The van der Waals surface area contributed by atoms with E-state index >= 15 is 0 Å². The molecule has 3 N–H and O–H groups in total. The van der Waals surface area contributed by atoms with Gasteiger partial charge in [0, 0.05) is 13.0 Å². The number of carbonyl (C=O) groups excluding carboxylic acids is 3. The molecule has 2 aromatic carbocycles. The number of amides is 4. The second-order valence-electron chi connectivity index (χ2n) is 10.6. The average molecular weight is 599 g/mol. The Morgan fingerprint density at radius 1 is 1.15 bits per heavy atom. The zero-order valence-electron chi connectivity index (χ0n) is 21.7. The van der Waals surface area contributed by atoms with Crippen molar-refractivity contribution < 1.29 is 45.5 Å². The zero-order valence-corrected chi connectivity index (χ0v) is 22.5. The smallest absolute Gasteiger partial charge is 0.376 e. The number of hydrogen-bond donors (Lipinski definition) is 3. The summed E-state index contributed by atoms with van der Waals surface area (Å²) in [6, 6.07) is 5.59. The van der Waals surface area contributed by atoms with Crippen LogP contribution in [0.2, 0.25) is 0 Å². The molecule has 2 saturated heterocycles. The SMILES string of the molecule is CC(O)(c1ccc2c(c1)CC[C@@H](CC(=O)N1CCC3(C1)NC(=O)NC3=O)N2S(=O)(=O)c1ccc(F)cc1)C(F)(F)F. The molecule has 2 unspecified atom stereocenters. The first-order valence-corrected chi connectivity index (χ1v) is 14.1. The number of nitrogens with one attached hydrogen (secondary N) is 2. The first-order valence-electron chi connectivity index (χ1n) is 12.7. The molecule has 3 aliphatic heterocycles. The number of imide groups is 1. The first-order chi connectivity index (χ1) is 19.0. The number of hydrogen-bond acceptors (Lipinski definition) is 6. The standard InChI is InChI=1S/C26H26F4N4O6S/c1-24(38,26(28,29)30)16-3-9-20-15(12-16)2-6-18(34(20)41(39,40)19-7-4-17(27)5-8-19)13-21(35)33-11-10-25(14-33)22(36)31-23(37)32-25/h3-5,7-9,12,18,38H,2,6,10-11,13-14H2,1H3,(H2,31,32,36,37)/t18-,24?,25?/m0/s1. The summed E-state index contributed by atoms with van der Waals surface area (Å²) < 4.78 is 82.7. The largest absolute Gasteiger partial charge is 0.421 e. The Morgan fingerprint density at radius 3 is 2.44 bits per heavy atom. The lowest BCUT2D eigenvalue weighted by molar-refractivity contribution is -0.258. The number of rotatable bonds is 5. The van der Waals surface area contributed by atoms with Crippen LogP contribution in [0.3, 0.4) is 0 Å². The summed E-state index contributed by atoms with van der Waals surface area (Å²) in [5.41, 5.74) is -4.69. The lowest BCUT2D eigenvalue weighted by atomic mass is 9.89. The van der Waals surface area contributed by atoms with Crippen LogP contribution in [-0.2, 0) is 31.6 Å². The maximum absolute atomic E-state index is 13.8. The molecular formula is C26H26F4N4O6S. The predicted molar refractivity (Wildman–Crippen MR) is 135 cm³/mol. The molecular weight excluding hydrogens is 572 g/mol. The number of aryl methyl sites for hydroxylation is 1. The van der Waals surface area contributed by atoms with Crippen molar-refractivity contribution in [1.29, 1.82) is 0 Å². The molecule has 15 heteroatoms. The van der Waals surface area contributed by atoms with Crippen molar-refractivity contribution in [2.75, 3.05) is 17.4 Å². The maximum Gasteiger partial charge on any atom is 0.421 e. The molecule has 3 aliphatic rings. The van der Waals surface area contributed by atoms with E-state index in [1.54, 1.807) is 0 Å². The van der Waals surface area contributed by atoms with Crippen LogP contribution in [0.25, 0.3) is 0 Å². The second kappa shape index (κ2) is 9.69. The van der Waals surface area contributed by atoms with Crippen molar-refractivity contribution in [2.45, 2.75) is 60.9 Å². The summed E-state index contributed by atoms with van der Waals surface area (Å²) in [5, 5.41) is 14.9. The number of aliphatic hydroxyl groups is 1. The molecule has 0 bridgehead atoms. The van der Waals surface area contributed by atoms with Crippen molar-refractivity contribution in [3.8, 4) is 0 Å². The highest BCUT2D eigenvalue weighted by atomic mass is 32.2. The van der Waals surface area contributed by atoms with Crippen molar-refractivity contribution in [1.82, 2.24) is 15.5 Å². The molecule has 0 aliphatic carbocycles. The number of likely N-dealkylation sites (tertiary alicyclic amines) is 1. The third kappa shape index (κ3) is 4.90. The van der Waals surface area contributed by atoms with Crippen molar-refractivity contribution in [2.24, 2.45) is 0 Å². The highest BCUT2D eigenvalue weighted by molar-refractivity contribution is 7.92. The summed E-state index contributed by atoms with van der Waals surface area (Å²) >= 11 is 0. The molecule has 0 radical (unpaired) electrons. The Balaban J connectivity index is 1.49. The number of anilines is 1. The quantitative estimate of drug-likeness (QED) is 0.357. The minimum Gasteiger partial charge on any atom is -0.376 e. The van der Waals surface area contributed by atoms with Gasteiger partial charge in [-0.05, 0) is 67.6 Å². The van der Waals surface area contributed by atoms with Gasteiger partial charge in [0.1, 0.15) is 11.4 Å². The van der Waals surface area contributed by atoms with Gasteiger partial charge in [-0.1, -0.05) is 12.1 Å². The fourth-order valence-electron chi connectivity index (χ4n) is 5.50. The summed E-state index contributed by atoms with van der Waals surface area (Å²) in [6.45, 7) is 0.631. The van der Waals surface area contributed by atoms with Crippen molar-refractivity contribution >= 4 is 33.6 Å². The van der Waals surface area contributed by atoms with Gasteiger partial charge in [0.2, 0.25) is 5.91 Å². The van der Waals surface area contributed by atoms with E-state index in [4.69, 9.17) is 0 Å². The van der Waals surface area contributed by atoms with Crippen molar-refractivity contribution in [3.63, 3.8) is 0 Å². The maximum atomic E-state index is 13.8. The third-order valence-electron chi connectivity index (χ3n) is 7.93. The summed E-state index contributed by atoms with van der Waals surface area (Å²) in [7, 11) is -4.44. The van der Waals surface area contributed by atoms with Crippen LogP contribution in [-0.4, -0.2) is 67.1 Å². The number of halogens is 4. The zero-order chi connectivity index (χ0) is 30.0. The van der Waals surface area contributed by atoms with Gasteiger partial charge in [0.05, 0.1) is 23.2 Å². The Labute approximate surface area is 232 Å². The van der Waals surface area contributed by atoms with Crippen LogP contribution in [0.5, 0.6) is 0 Å². The topological polar surface area (TPSA) is 136 Å². The molecule has 5 rings (SSSR count). The number of carbonyl (C=O) groups is 3. The highest BCUT2D eigenvalue weighted by Gasteiger charge is 2.53. The van der Waals surface area contributed by atoms with E-state index in [1.165, 1.54) is 4.90 Å². The average Bonchev–Trinajstić information content (AvgIpc) is 3.44. The molecule has 3 atom stereocenters. The van der Waals surface area contributed by atoms with E-state index in [-0.39, 0.29) is 54.9 Å². The minimum absolute atomic E-state index is 0.0282. The van der Waals surface area contributed by atoms with Gasteiger partial charge >= 0.3 is 12.2 Å². The summed E-state index contributed by atoms with van der Waals surface area (Å²) in [5.74, 6) is -1.73. The molecule has 41 heavy (non-hydrogen) atoms. The number of fused-ring (bicyclic) bond motifs is 1. The molecule has 3 heterocycles. The molecule has 220 valence electrons. The first kappa shape index (κ1) is 28.8. The van der Waals surface area contributed by atoms with Gasteiger partial charge in [0.15, 0.2) is 5.60 Å². The van der Waals surface area contributed by atoms with Gasteiger partial charge in [-0.3, -0.25) is 19.2 Å². The highest BCUT2D eigenvalue weighted by Crippen LogP contribution is 2.43. The molecule has 4 amide bonds. The van der Waals surface area contributed by atoms with Gasteiger partial charge in [0.25, 0.3) is 15.9 Å².